The molecule has 0 bridgehead atoms. The minimum atomic E-state index is -3.93. The van der Waals surface area contributed by atoms with Crippen LogP contribution in [0.2, 0.25) is 0 Å². The van der Waals surface area contributed by atoms with E-state index in [0.29, 0.717) is 49.8 Å². The minimum absolute atomic E-state index is 0.0445. The van der Waals surface area contributed by atoms with Crippen molar-refractivity contribution in [3.63, 3.8) is 0 Å². The number of halogens is 2. The van der Waals surface area contributed by atoms with Crippen molar-refractivity contribution in [2.75, 3.05) is 83.9 Å². The number of amides is 1. The fourth-order valence-electron chi connectivity index (χ4n) is 10.6. The smallest absolute Gasteiger partial charge is 0.338 e. The number of ether oxygens (including phenoxy) is 1. The molecule has 0 saturated heterocycles. The summed E-state index contributed by atoms with van der Waals surface area (Å²) in [5.41, 5.74) is 4.61. The molecule has 4 aromatic carbocycles. The molecule has 17 nitrogen and oxygen atoms in total. The predicted molar refractivity (Wildman–Crippen MR) is 325 cm³/mol. The van der Waals surface area contributed by atoms with Crippen LogP contribution in [-0.2, 0) is 30.6 Å². The number of phenols is 1. The number of nitrogens with one attached hydrogen (secondary N) is 2. The van der Waals surface area contributed by atoms with E-state index in [1.54, 1.807) is 12.1 Å². The zero-order valence-corrected chi connectivity index (χ0v) is 50.8. The van der Waals surface area contributed by atoms with Crippen molar-refractivity contribution in [3.05, 3.63) is 112 Å². The van der Waals surface area contributed by atoms with Gasteiger partial charge in [-0.1, -0.05) is 57.0 Å². The molecule has 418 valence electrons. The molecule has 79 heavy (non-hydrogen) atoms. The lowest BCUT2D eigenvalue weighted by Gasteiger charge is -2.37. The molecule has 4 N–H and O–H groups in total. The monoisotopic (exact) mass is 1280 g/mol. The number of phenolic OH excluding ortho intramolecular Hbond substituents is 1. The highest BCUT2D eigenvalue weighted by Gasteiger charge is 2.35. The summed E-state index contributed by atoms with van der Waals surface area (Å²) < 4.78 is 38.4. The first-order chi connectivity index (χ1) is 37.6. The Hall–Kier alpha value is -5.59. The van der Waals surface area contributed by atoms with E-state index in [9.17, 15) is 42.6 Å². The van der Waals surface area contributed by atoms with Crippen LogP contribution >= 0.6 is 67.1 Å². The van der Waals surface area contributed by atoms with Gasteiger partial charge in [-0.3, -0.25) is 14.4 Å². The highest BCUT2D eigenvalue weighted by Crippen LogP contribution is 2.49. The highest BCUT2D eigenvalue weighted by atomic mass is 79.9. The molecule has 6 heterocycles. The number of aromatic amines is 1. The number of hydrogen-bond acceptors (Lipinski definition) is 17. The van der Waals surface area contributed by atoms with E-state index in [2.05, 4.69) is 67.0 Å². The largest absolute Gasteiger partial charge is 0.506 e. The van der Waals surface area contributed by atoms with Crippen LogP contribution in [0, 0.1) is 5.92 Å². The lowest BCUT2D eigenvalue weighted by molar-refractivity contribution is -0.141. The number of H-pyrrole nitrogens is 1. The summed E-state index contributed by atoms with van der Waals surface area (Å²) in [6, 6.07) is 20.2. The van der Waals surface area contributed by atoms with Gasteiger partial charge in [0.2, 0.25) is 11.7 Å². The lowest BCUT2D eigenvalue weighted by Crippen LogP contribution is -2.47. The van der Waals surface area contributed by atoms with Gasteiger partial charge < -0.3 is 48.9 Å². The zero-order chi connectivity index (χ0) is 56.6. The van der Waals surface area contributed by atoms with Crippen molar-refractivity contribution in [2.45, 2.75) is 84.5 Å². The van der Waals surface area contributed by atoms with Crippen molar-refractivity contribution in [1.82, 2.24) is 9.55 Å². The molecule has 1 atom stereocenters. The van der Waals surface area contributed by atoms with Gasteiger partial charge >= 0.3 is 11.6 Å². The average molecular weight is 1280 g/mol. The van der Waals surface area contributed by atoms with E-state index in [1.165, 1.54) is 58.8 Å². The van der Waals surface area contributed by atoms with Crippen LogP contribution in [0.1, 0.15) is 58.1 Å². The number of rotatable bonds is 9. The van der Waals surface area contributed by atoms with Crippen LogP contribution in [0.15, 0.2) is 114 Å². The number of aromatic nitrogens is 2. The van der Waals surface area contributed by atoms with Crippen molar-refractivity contribution < 1.29 is 37.4 Å². The van der Waals surface area contributed by atoms with Crippen LogP contribution < -0.4 is 36.8 Å². The zero-order valence-electron chi connectivity index (χ0n) is 44.3. The Balaban J connectivity index is 0.000000146. The Morgan fingerprint density at radius 2 is 1.61 bits per heavy atom. The van der Waals surface area contributed by atoms with Crippen molar-refractivity contribution >= 4 is 144 Å². The molecule has 1 unspecified atom stereocenters. The van der Waals surface area contributed by atoms with Crippen molar-refractivity contribution in [2.24, 2.45) is 5.92 Å². The third kappa shape index (κ3) is 12.2. The molecule has 0 radical (unpaired) electrons. The summed E-state index contributed by atoms with van der Waals surface area (Å²) in [5.74, 6) is 1.43. The van der Waals surface area contributed by atoms with Gasteiger partial charge in [-0.2, -0.15) is 0 Å². The van der Waals surface area contributed by atoms with Crippen molar-refractivity contribution in [3.8, 4) is 11.5 Å². The number of carbonyl (C=O) groups excluding carboxylic acids is 2. The number of sulfone groups is 1. The molecular formula is C56H60Br2N6O11S4. The molecule has 1 fully saturated rings. The molecule has 3 aliphatic heterocycles. The minimum Gasteiger partial charge on any atom is -0.506 e. The predicted octanol–water partition coefficient (Wildman–Crippen LogP) is 10.5. The summed E-state index contributed by atoms with van der Waals surface area (Å²) in [4.78, 5) is 72.6. The first-order valence-electron chi connectivity index (χ1n) is 25.7. The molecule has 1 saturated carbocycles. The maximum absolute atomic E-state index is 12.9. The number of fused-ring (bicyclic) bond motifs is 6. The topological polar surface area (TPSA) is 225 Å². The van der Waals surface area contributed by atoms with E-state index in [1.807, 2.05) is 71.1 Å². The second-order valence-electron chi connectivity index (χ2n) is 20.2. The first kappa shape index (κ1) is 58.1. The van der Waals surface area contributed by atoms with Gasteiger partial charge in [0.05, 0.1) is 55.6 Å². The quantitative estimate of drug-likeness (QED) is 0.0779. The Morgan fingerprint density at radius 1 is 0.899 bits per heavy atom. The molecule has 23 heteroatoms. The summed E-state index contributed by atoms with van der Waals surface area (Å²) in [7, 11) is -0.643. The number of esters is 1. The fraction of sp³-hybridized carbons (Fsp3) is 0.375. The summed E-state index contributed by atoms with van der Waals surface area (Å²) in [5, 5.41) is 25.9. The molecule has 11 rings (SSSR count). The van der Waals surface area contributed by atoms with Gasteiger partial charge in [0.25, 0.3) is 11.1 Å². The van der Waals surface area contributed by atoms with Crippen LogP contribution in [0.3, 0.4) is 0 Å². The average Bonchev–Trinajstić information content (AvgIpc) is 4.14. The van der Waals surface area contributed by atoms with Gasteiger partial charge in [0.1, 0.15) is 22.3 Å². The van der Waals surface area contributed by atoms with Crippen molar-refractivity contribution in [1.29, 1.82) is 0 Å². The Kier molecular flexibility index (Phi) is 17.8. The number of benzene rings is 4. The number of pyridine rings is 2. The SMILES string of the molecule is CC(C)CN1CCSc2c1cc1[nH]c(=O)c(Br)cc1c2Br.CN1CCSc2c1cc1c(c2O)c(S(C)(=O)=O)c(O)c(=O)n1C1CCCC1.COC(=O)C1CSc2cc3c(NC(C)=O)cc(=O)oc3cc2N1CCc1ccccc1. The number of anilines is 4. The van der Waals surface area contributed by atoms with E-state index >= 15 is 0 Å². The third-order valence-electron chi connectivity index (χ3n) is 14.2. The second kappa shape index (κ2) is 24.2. The van der Waals surface area contributed by atoms with Crippen LogP contribution in [0.4, 0.5) is 22.7 Å². The normalized spacial score (nSPS) is 16.2. The van der Waals surface area contributed by atoms with E-state index in [0.717, 1.165) is 107 Å². The Bertz CT molecular complexity index is 3830. The number of methoxy groups -OCH3 is 1. The number of carbonyl (C=O) groups is 2. The lowest BCUT2D eigenvalue weighted by atomic mass is 10.1. The number of thioether (sulfide) groups is 3. The Morgan fingerprint density at radius 3 is 2.29 bits per heavy atom. The summed E-state index contributed by atoms with van der Waals surface area (Å²) in [6.45, 7) is 9.32. The maximum atomic E-state index is 12.9. The molecule has 7 aromatic rings. The number of nitrogens with zero attached hydrogens (tertiary/aromatic N) is 4. The first-order valence-corrected chi connectivity index (χ1v) is 32.1. The van der Waals surface area contributed by atoms with Gasteiger partial charge in [0.15, 0.2) is 9.84 Å². The number of hydrogen-bond donors (Lipinski definition) is 4. The van der Waals surface area contributed by atoms with Gasteiger partial charge in [-0.05, 0) is 86.9 Å². The van der Waals surface area contributed by atoms with E-state index in [-0.39, 0.29) is 34.6 Å². The molecule has 4 aliphatic rings. The third-order valence-corrected chi connectivity index (χ3v) is 20.3. The van der Waals surface area contributed by atoms with Gasteiger partial charge in [-0.25, -0.2) is 18.0 Å². The fourth-order valence-corrected chi connectivity index (χ4v) is 16.2. The molecule has 3 aromatic heterocycles. The molecule has 1 aliphatic carbocycles. The second-order valence-corrected chi connectivity index (χ2v) is 27.1. The van der Waals surface area contributed by atoms with E-state index in [4.69, 9.17) is 9.15 Å². The molecule has 0 spiro atoms. The van der Waals surface area contributed by atoms with Crippen LogP contribution in [0.5, 0.6) is 11.5 Å². The van der Waals surface area contributed by atoms with Gasteiger partial charge in [-0.15, -0.1) is 35.3 Å². The van der Waals surface area contributed by atoms with E-state index < -0.39 is 37.7 Å². The van der Waals surface area contributed by atoms with Crippen LogP contribution in [-0.4, -0.2) is 110 Å². The number of aromatic hydroxyl groups is 2. The summed E-state index contributed by atoms with van der Waals surface area (Å²) in [6.07, 6.45) is 5.20. The maximum Gasteiger partial charge on any atom is 0.338 e. The summed E-state index contributed by atoms with van der Waals surface area (Å²) >= 11 is 11.9. The Labute approximate surface area is 486 Å². The van der Waals surface area contributed by atoms with Crippen LogP contribution in [0.25, 0.3) is 32.8 Å². The van der Waals surface area contributed by atoms with Gasteiger partial charge in [0, 0.05) is 107 Å². The molecular weight excluding hydrogens is 1220 g/mol. The standard InChI is InChI=1S/C23H22N2O5S.C18H22N2O5S2.C15H16Br2N2OS/c1-14(26)24-17-11-22(27)30-20-12-18-21(10-16(17)20)31-13-19(23(28)29-2)25(18)9-8-15-6-4-3-5-7-15;1-19-7-8-26-16-12(19)9-11-13(14(16)21)17(27(2,24)25)15(22)18(23)20(11)10-5-3-4-6-10;1-8(2)7-19-3-4-21-14-12(19)6-11-9(13(14)17)5-10(16)15(20)18-11/h3-7,10-12,19H,8-9,13H2,1-2H3,(H,24,26);9-10,21-22H,3-8H2,1-2H3;5-6,8H,3-4,7H2,1-2H3,(H,18,20). The molecule has 1 amide bonds. The highest BCUT2D eigenvalue weighted by molar-refractivity contribution is 9.11.